The summed E-state index contributed by atoms with van der Waals surface area (Å²) in [6, 6.07) is 5.67. The number of hydrogen-bond donors (Lipinski definition) is 6. The Kier molecular flexibility index (Phi) is 7.37. The zero-order valence-corrected chi connectivity index (χ0v) is 18.0. The number of rotatable bonds is 6. The molecule has 9 atom stereocenters. The molecular formula is C21H26O13. The summed E-state index contributed by atoms with van der Waals surface area (Å²) in [7, 11) is 1.38. The molecule has 1 aromatic carbocycles. The Bertz CT molecular complexity index is 1040. The highest BCUT2D eigenvalue weighted by Gasteiger charge is 2.46. The number of ether oxygens (including phenoxy) is 5. The number of fused-ring (bicyclic) bond motifs is 1. The standard InChI is InChI=1S/C21H26O13/c1-29-11-4-8-2-3-14(23)32-10(8)5-12(11)33-21-19(28)17(26)16(25)13(34-21)7-31-20-18(27)15(24)9(22)6-30-20/h2-5,9,13,15-22,24-28H,6-7H2,1H3/t9-,13-,15+,16-,17+,18-,19-,20+,21-/m0/s1. The van der Waals surface area contributed by atoms with Gasteiger partial charge in [0.15, 0.2) is 17.8 Å². The molecule has 2 aliphatic heterocycles. The van der Waals surface area contributed by atoms with Crippen molar-refractivity contribution in [2.75, 3.05) is 20.3 Å². The molecule has 0 aliphatic carbocycles. The van der Waals surface area contributed by atoms with E-state index in [1.807, 2.05) is 0 Å². The maximum atomic E-state index is 11.5. The maximum absolute atomic E-state index is 11.5. The Labute approximate surface area is 192 Å². The largest absolute Gasteiger partial charge is 0.493 e. The number of methoxy groups -OCH3 is 1. The van der Waals surface area contributed by atoms with Crippen molar-refractivity contribution in [2.24, 2.45) is 0 Å². The summed E-state index contributed by atoms with van der Waals surface area (Å²) in [5.74, 6) is 0.247. The predicted molar refractivity (Wildman–Crippen MR) is 110 cm³/mol. The number of benzene rings is 1. The van der Waals surface area contributed by atoms with Crippen LogP contribution in [0.3, 0.4) is 0 Å². The van der Waals surface area contributed by atoms with Crippen molar-refractivity contribution in [3.63, 3.8) is 0 Å². The van der Waals surface area contributed by atoms with E-state index in [9.17, 15) is 35.4 Å². The average Bonchev–Trinajstić information content (AvgIpc) is 2.82. The molecule has 0 bridgehead atoms. The van der Waals surface area contributed by atoms with E-state index in [-0.39, 0.29) is 23.7 Å². The third-order valence-corrected chi connectivity index (χ3v) is 5.70. The van der Waals surface area contributed by atoms with Gasteiger partial charge in [0.05, 0.1) is 20.3 Å². The van der Waals surface area contributed by atoms with E-state index in [0.29, 0.717) is 5.39 Å². The Morgan fingerprint density at radius 3 is 2.38 bits per heavy atom. The molecular weight excluding hydrogens is 460 g/mol. The first-order chi connectivity index (χ1) is 16.2. The molecule has 13 nitrogen and oxygen atoms in total. The average molecular weight is 486 g/mol. The van der Waals surface area contributed by atoms with E-state index in [1.165, 1.54) is 31.4 Å². The monoisotopic (exact) mass is 486 g/mol. The third kappa shape index (κ3) is 4.88. The molecule has 0 unspecified atom stereocenters. The topological polar surface area (TPSA) is 198 Å². The molecule has 34 heavy (non-hydrogen) atoms. The zero-order valence-electron chi connectivity index (χ0n) is 18.0. The van der Waals surface area contributed by atoms with Gasteiger partial charge in [0.25, 0.3) is 0 Å². The van der Waals surface area contributed by atoms with Gasteiger partial charge in [0.1, 0.15) is 48.3 Å². The van der Waals surface area contributed by atoms with Crippen LogP contribution in [-0.2, 0) is 14.2 Å². The lowest BCUT2D eigenvalue weighted by Gasteiger charge is -2.41. The van der Waals surface area contributed by atoms with Gasteiger partial charge in [0.2, 0.25) is 6.29 Å². The molecule has 13 heteroatoms. The van der Waals surface area contributed by atoms with Crippen molar-refractivity contribution in [3.05, 3.63) is 34.7 Å². The van der Waals surface area contributed by atoms with Crippen LogP contribution < -0.4 is 15.1 Å². The third-order valence-electron chi connectivity index (χ3n) is 5.70. The van der Waals surface area contributed by atoms with Gasteiger partial charge in [-0.05, 0) is 12.1 Å². The van der Waals surface area contributed by atoms with Crippen LogP contribution >= 0.6 is 0 Å². The fraction of sp³-hybridized carbons (Fsp3) is 0.571. The molecule has 3 heterocycles. The Balaban J connectivity index is 1.49. The molecule has 4 rings (SSSR count). The van der Waals surface area contributed by atoms with Gasteiger partial charge in [-0.2, -0.15) is 0 Å². The predicted octanol–water partition coefficient (Wildman–Crippen LogP) is -2.56. The molecule has 6 N–H and O–H groups in total. The van der Waals surface area contributed by atoms with Gasteiger partial charge in [-0.3, -0.25) is 0 Å². The quantitative estimate of drug-likeness (QED) is 0.233. The summed E-state index contributed by atoms with van der Waals surface area (Å²) in [6.45, 7) is -0.721. The molecule has 2 saturated heterocycles. The molecule has 1 aromatic heterocycles. The number of hydrogen-bond acceptors (Lipinski definition) is 13. The van der Waals surface area contributed by atoms with Crippen LogP contribution in [0.25, 0.3) is 11.0 Å². The van der Waals surface area contributed by atoms with Crippen molar-refractivity contribution < 1.29 is 58.7 Å². The molecule has 0 amide bonds. The zero-order chi connectivity index (χ0) is 24.6. The van der Waals surface area contributed by atoms with Crippen LogP contribution in [0.15, 0.2) is 33.5 Å². The molecule has 2 aliphatic rings. The van der Waals surface area contributed by atoms with Crippen LogP contribution in [0.4, 0.5) is 0 Å². The summed E-state index contributed by atoms with van der Waals surface area (Å²) >= 11 is 0. The van der Waals surface area contributed by atoms with Crippen molar-refractivity contribution in [2.45, 2.75) is 55.3 Å². The lowest BCUT2D eigenvalue weighted by molar-refractivity contribution is -0.307. The van der Waals surface area contributed by atoms with Gasteiger partial charge < -0.3 is 58.7 Å². The summed E-state index contributed by atoms with van der Waals surface area (Å²) < 4.78 is 32.2. The van der Waals surface area contributed by atoms with Crippen LogP contribution in [0.2, 0.25) is 0 Å². The smallest absolute Gasteiger partial charge is 0.336 e. The second-order valence-corrected chi connectivity index (χ2v) is 8.01. The van der Waals surface area contributed by atoms with Crippen molar-refractivity contribution in [1.82, 2.24) is 0 Å². The first-order valence-electron chi connectivity index (χ1n) is 10.4. The minimum atomic E-state index is -1.69. The fourth-order valence-corrected chi connectivity index (χ4v) is 3.72. The van der Waals surface area contributed by atoms with E-state index >= 15 is 0 Å². The molecule has 0 spiro atoms. The highest BCUT2D eigenvalue weighted by Crippen LogP contribution is 2.34. The Morgan fingerprint density at radius 1 is 0.912 bits per heavy atom. The van der Waals surface area contributed by atoms with E-state index in [1.54, 1.807) is 0 Å². The number of aliphatic hydroxyl groups is 6. The van der Waals surface area contributed by atoms with E-state index < -0.39 is 67.5 Å². The Hall–Kier alpha value is -2.33. The van der Waals surface area contributed by atoms with Gasteiger partial charge in [-0.15, -0.1) is 0 Å². The van der Waals surface area contributed by atoms with E-state index in [0.717, 1.165) is 0 Å². The molecule has 2 aromatic rings. The van der Waals surface area contributed by atoms with Crippen LogP contribution in [0.1, 0.15) is 0 Å². The first kappa shape index (κ1) is 24.8. The minimum absolute atomic E-state index is 0.0276. The van der Waals surface area contributed by atoms with E-state index in [2.05, 4.69) is 0 Å². The van der Waals surface area contributed by atoms with Crippen molar-refractivity contribution in [3.8, 4) is 11.5 Å². The second kappa shape index (κ2) is 10.1. The summed E-state index contributed by atoms with van der Waals surface area (Å²) in [5.41, 5.74) is -0.406. The van der Waals surface area contributed by atoms with Gasteiger partial charge in [-0.25, -0.2) is 4.79 Å². The summed E-state index contributed by atoms with van der Waals surface area (Å²) in [6.07, 6.45) is -13.4. The molecule has 2 fully saturated rings. The van der Waals surface area contributed by atoms with Gasteiger partial charge >= 0.3 is 5.63 Å². The highest BCUT2D eigenvalue weighted by molar-refractivity contribution is 5.80. The molecule has 0 saturated carbocycles. The first-order valence-corrected chi connectivity index (χ1v) is 10.4. The van der Waals surface area contributed by atoms with Crippen LogP contribution in [0.5, 0.6) is 11.5 Å². The van der Waals surface area contributed by atoms with Crippen LogP contribution in [-0.4, -0.2) is 106 Å². The number of aliphatic hydroxyl groups excluding tert-OH is 6. The van der Waals surface area contributed by atoms with Gasteiger partial charge in [0, 0.05) is 17.5 Å². The Morgan fingerprint density at radius 2 is 1.65 bits per heavy atom. The molecule has 0 radical (unpaired) electrons. The lowest BCUT2D eigenvalue weighted by Crippen LogP contribution is -2.61. The summed E-state index contributed by atoms with van der Waals surface area (Å²) in [4.78, 5) is 11.5. The van der Waals surface area contributed by atoms with Crippen molar-refractivity contribution in [1.29, 1.82) is 0 Å². The molecule has 188 valence electrons. The fourth-order valence-electron chi connectivity index (χ4n) is 3.72. The lowest BCUT2D eigenvalue weighted by atomic mass is 9.99. The SMILES string of the molecule is COc1cc2ccc(=O)oc2cc1O[C@H]1O[C@@H](CO[C@H]2OC[C@H](O)[C@@H](O)[C@@H]2O)[C@H](O)[C@@H](O)[C@@H]1O. The van der Waals surface area contributed by atoms with Crippen molar-refractivity contribution >= 4 is 11.0 Å². The second-order valence-electron chi connectivity index (χ2n) is 8.01. The summed E-state index contributed by atoms with van der Waals surface area (Å²) in [5, 5.41) is 60.8. The van der Waals surface area contributed by atoms with Gasteiger partial charge in [-0.1, -0.05) is 0 Å². The minimum Gasteiger partial charge on any atom is -0.493 e. The van der Waals surface area contributed by atoms with E-state index in [4.69, 9.17) is 28.1 Å². The normalized spacial score (nSPS) is 36.4. The highest BCUT2D eigenvalue weighted by atomic mass is 16.7. The van der Waals surface area contributed by atoms with Crippen LogP contribution in [0, 0.1) is 0 Å². The maximum Gasteiger partial charge on any atom is 0.336 e.